The van der Waals surface area contributed by atoms with Crippen LogP contribution in [0, 0.1) is 0 Å². The number of benzene rings is 1. The zero-order chi connectivity index (χ0) is 12.7. The number of aryl methyl sites for hydroxylation is 1. The van der Waals surface area contributed by atoms with Crippen LogP contribution < -0.4 is 0 Å². The molecule has 0 saturated carbocycles. The maximum atomic E-state index is 4.41. The minimum atomic E-state index is 0.141. The molecule has 98 valence electrons. The lowest BCUT2D eigenvalue weighted by molar-refractivity contribution is 0.378. The highest BCUT2D eigenvalue weighted by Gasteiger charge is 2.49. The molecular formula is C14H15N3S2. The largest absolute Gasteiger partial charge is 0.247 e. The normalized spacial score (nSPS) is 24.5. The molecule has 3 nitrogen and oxygen atoms in total. The number of fused-ring (bicyclic) bond motifs is 2. The average Bonchev–Trinajstić information content (AvgIpc) is 3.12. The number of nitrogens with zero attached hydrogens (tertiary/aromatic N) is 3. The molecule has 1 aromatic heterocycles. The summed E-state index contributed by atoms with van der Waals surface area (Å²) >= 11 is 4.18. The Balaban J connectivity index is 1.87. The van der Waals surface area contributed by atoms with E-state index in [1.165, 1.54) is 22.6 Å². The first-order valence-corrected chi connectivity index (χ1v) is 8.58. The summed E-state index contributed by atoms with van der Waals surface area (Å²) in [6.07, 6.45) is 5.82. The van der Waals surface area contributed by atoms with E-state index in [1.54, 1.807) is 6.33 Å². The van der Waals surface area contributed by atoms with E-state index in [0.717, 1.165) is 12.8 Å². The lowest BCUT2D eigenvalue weighted by Crippen LogP contribution is -2.34. The van der Waals surface area contributed by atoms with Crippen LogP contribution in [0.3, 0.4) is 0 Å². The lowest BCUT2D eigenvalue weighted by atomic mass is 9.87. The predicted molar refractivity (Wildman–Crippen MR) is 80.4 cm³/mol. The summed E-state index contributed by atoms with van der Waals surface area (Å²) in [5, 5.41) is 4.41. The Morgan fingerprint density at radius 2 is 2.05 bits per heavy atom. The highest BCUT2D eigenvalue weighted by Crippen LogP contribution is 2.61. The molecule has 1 spiro atoms. The van der Waals surface area contributed by atoms with Gasteiger partial charge in [0.2, 0.25) is 0 Å². The third-order valence-electron chi connectivity index (χ3n) is 3.99. The van der Waals surface area contributed by atoms with Crippen molar-refractivity contribution >= 4 is 23.5 Å². The highest BCUT2D eigenvalue weighted by molar-refractivity contribution is 8.20. The first-order valence-electron chi connectivity index (χ1n) is 6.60. The molecule has 1 fully saturated rings. The molecule has 2 aromatic rings. The minimum Gasteiger partial charge on any atom is -0.247 e. The zero-order valence-electron chi connectivity index (χ0n) is 10.5. The quantitative estimate of drug-likeness (QED) is 0.807. The predicted octanol–water partition coefficient (Wildman–Crippen LogP) is 3.10. The molecule has 19 heavy (non-hydrogen) atoms. The molecular weight excluding hydrogens is 274 g/mol. The van der Waals surface area contributed by atoms with Crippen LogP contribution in [0.25, 0.3) is 0 Å². The van der Waals surface area contributed by atoms with Gasteiger partial charge in [-0.05, 0) is 24.0 Å². The first-order chi connectivity index (χ1) is 9.40. The van der Waals surface area contributed by atoms with Crippen LogP contribution in [-0.4, -0.2) is 26.3 Å². The van der Waals surface area contributed by atoms with Crippen molar-refractivity contribution in [1.29, 1.82) is 0 Å². The second-order valence-electron chi connectivity index (χ2n) is 4.95. The van der Waals surface area contributed by atoms with Crippen LogP contribution in [0.4, 0.5) is 0 Å². The van der Waals surface area contributed by atoms with Crippen molar-refractivity contribution in [2.45, 2.75) is 23.0 Å². The Hall–Kier alpha value is -0.940. The molecule has 1 atom stereocenters. The molecule has 1 aromatic carbocycles. The molecule has 2 aliphatic rings. The molecule has 5 heteroatoms. The van der Waals surface area contributed by atoms with Gasteiger partial charge in [0.15, 0.2) is 0 Å². The van der Waals surface area contributed by atoms with E-state index in [0.29, 0.717) is 6.04 Å². The Kier molecular flexibility index (Phi) is 2.84. The Morgan fingerprint density at radius 1 is 1.21 bits per heavy atom. The van der Waals surface area contributed by atoms with Crippen molar-refractivity contribution in [2.75, 3.05) is 11.5 Å². The summed E-state index contributed by atoms with van der Waals surface area (Å²) in [5.41, 5.74) is 3.02. The van der Waals surface area contributed by atoms with Gasteiger partial charge in [-0.25, -0.2) is 9.67 Å². The second kappa shape index (κ2) is 4.56. The summed E-state index contributed by atoms with van der Waals surface area (Å²) in [7, 11) is 0. The lowest BCUT2D eigenvalue weighted by Gasteiger charge is -2.41. The van der Waals surface area contributed by atoms with Crippen LogP contribution in [0.1, 0.15) is 23.6 Å². The van der Waals surface area contributed by atoms with Gasteiger partial charge in [-0.15, -0.1) is 23.5 Å². The van der Waals surface area contributed by atoms with Crippen LogP contribution in [-0.2, 0) is 10.5 Å². The maximum absolute atomic E-state index is 4.41. The van der Waals surface area contributed by atoms with Gasteiger partial charge in [0.05, 0.1) is 6.04 Å². The fraction of sp³-hybridized carbons (Fsp3) is 0.429. The third-order valence-corrected chi connectivity index (χ3v) is 7.61. The van der Waals surface area contributed by atoms with E-state index < -0.39 is 0 Å². The van der Waals surface area contributed by atoms with Crippen molar-refractivity contribution in [3.8, 4) is 0 Å². The SMILES string of the molecule is c1ccc2c(c1)CCC(n1cncn1)C21SCCS1. The van der Waals surface area contributed by atoms with Crippen LogP contribution in [0.5, 0.6) is 0 Å². The Morgan fingerprint density at radius 3 is 2.84 bits per heavy atom. The van der Waals surface area contributed by atoms with E-state index in [1.807, 2.05) is 6.33 Å². The van der Waals surface area contributed by atoms with Crippen LogP contribution in [0.2, 0.25) is 0 Å². The van der Waals surface area contributed by atoms with Gasteiger partial charge < -0.3 is 0 Å². The van der Waals surface area contributed by atoms with Crippen molar-refractivity contribution < 1.29 is 0 Å². The molecule has 1 aliphatic heterocycles. The number of hydrogen-bond acceptors (Lipinski definition) is 4. The summed E-state index contributed by atoms with van der Waals surface area (Å²) < 4.78 is 2.21. The standard InChI is InChI=1S/C14H15N3S2/c1-2-4-12-11(3-1)5-6-13(17-10-15-9-16-17)14(12)18-7-8-19-14/h1-4,9-10,13H,5-8H2. The molecule has 0 N–H and O–H groups in total. The summed E-state index contributed by atoms with van der Waals surface area (Å²) in [6, 6.07) is 9.34. The van der Waals surface area contributed by atoms with Crippen LogP contribution >= 0.6 is 23.5 Å². The van der Waals surface area contributed by atoms with Gasteiger partial charge in [0.1, 0.15) is 16.7 Å². The number of rotatable bonds is 1. The van der Waals surface area contributed by atoms with Crippen molar-refractivity contribution in [1.82, 2.24) is 14.8 Å². The molecule has 0 bridgehead atoms. The van der Waals surface area contributed by atoms with E-state index in [2.05, 4.69) is 62.6 Å². The number of aromatic nitrogens is 3. The monoisotopic (exact) mass is 289 g/mol. The fourth-order valence-corrected chi connectivity index (χ4v) is 6.85. The van der Waals surface area contributed by atoms with Crippen molar-refractivity contribution in [3.63, 3.8) is 0 Å². The molecule has 2 heterocycles. The van der Waals surface area contributed by atoms with Crippen molar-refractivity contribution in [3.05, 3.63) is 48.0 Å². The smallest absolute Gasteiger partial charge is 0.137 e. The average molecular weight is 289 g/mol. The van der Waals surface area contributed by atoms with Gasteiger partial charge in [0.25, 0.3) is 0 Å². The third kappa shape index (κ3) is 1.75. The number of thioether (sulfide) groups is 2. The molecule has 1 aliphatic carbocycles. The summed E-state index contributed by atoms with van der Waals surface area (Å²) in [5.74, 6) is 2.45. The van der Waals surface area contributed by atoms with Gasteiger partial charge >= 0.3 is 0 Å². The van der Waals surface area contributed by atoms with E-state index >= 15 is 0 Å². The topological polar surface area (TPSA) is 30.7 Å². The number of hydrogen-bond donors (Lipinski definition) is 0. The Labute approximate surface area is 121 Å². The molecule has 0 radical (unpaired) electrons. The maximum Gasteiger partial charge on any atom is 0.137 e. The van der Waals surface area contributed by atoms with E-state index in [4.69, 9.17) is 0 Å². The van der Waals surface area contributed by atoms with Gasteiger partial charge in [0, 0.05) is 11.5 Å². The first kappa shape index (κ1) is 11.9. The highest BCUT2D eigenvalue weighted by atomic mass is 32.2. The molecule has 4 rings (SSSR count). The van der Waals surface area contributed by atoms with Gasteiger partial charge in [-0.1, -0.05) is 24.3 Å². The molecule has 1 saturated heterocycles. The van der Waals surface area contributed by atoms with E-state index in [-0.39, 0.29) is 4.08 Å². The molecule has 0 amide bonds. The Bertz CT molecular complexity index is 576. The zero-order valence-corrected chi connectivity index (χ0v) is 12.2. The minimum absolute atomic E-state index is 0.141. The van der Waals surface area contributed by atoms with E-state index in [9.17, 15) is 0 Å². The second-order valence-corrected chi connectivity index (χ2v) is 7.89. The summed E-state index contributed by atoms with van der Waals surface area (Å²) in [4.78, 5) is 4.14. The van der Waals surface area contributed by atoms with Gasteiger partial charge in [-0.2, -0.15) is 5.10 Å². The molecule has 1 unspecified atom stereocenters. The fourth-order valence-electron chi connectivity index (χ4n) is 3.20. The van der Waals surface area contributed by atoms with Crippen LogP contribution in [0.15, 0.2) is 36.9 Å². The van der Waals surface area contributed by atoms with Gasteiger partial charge in [-0.3, -0.25) is 0 Å². The summed E-state index contributed by atoms with van der Waals surface area (Å²) in [6.45, 7) is 0. The van der Waals surface area contributed by atoms with Crippen molar-refractivity contribution in [2.24, 2.45) is 0 Å².